The third kappa shape index (κ3) is 2.40. The SMILES string of the molecule is CN1CCC(Nc2cc(Br)ccc2Br)C1=O. The van der Waals surface area contributed by atoms with Gasteiger partial charge in [-0.15, -0.1) is 0 Å². The van der Waals surface area contributed by atoms with E-state index in [9.17, 15) is 4.79 Å². The Morgan fingerprint density at radius 3 is 2.81 bits per heavy atom. The van der Waals surface area contributed by atoms with E-state index in [0.717, 1.165) is 27.6 Å². The summed E-state index contributed by atoms with van der Waals surface area (Å²) >= 11 is 6.88. The van der Waals surface area contributed by atoms with Gasteiger partial charge in [0.05, 0.1) is 5.69 Å². The predicted molar refractivity (Wildman–Crippen MR) is 71.5 cm³/mol. The zero-order valence-electron chi connectivity index (χ0n) is 8.84. The Morgan fingerprint density at radius 1 is 1.44 bits per heavy atom. The second-order valence-electron chi connectivity index (χ2n) is 3.87. The molecule has 2 rings (SSSR count). The first-order chi connectivity index (χ1) is 7.58. The van der Waals surface area contributed by atoms with Crippen molar-refractivity contribution in [1.82, 2.24) is 4.90 Å². The summed E-state index contributed by atoms with van der Waals surface area (Å²) in [5.74, 6) is 0.159. The number of hydrogen-bond acceptors (Lipinski definition) is 2. The van der Waals surface area contributed by atoms with Crippen LogP contribution in [-0.2, 0) is 4.79 Å². The van der Waals surface area contributed by atoms with Crippen LogP contribution in [-0.4, -0.2) is 30.4 Å². The van der Waals surface area contributed by atoms with Gasteiger partial charge in [-0.25, -0.2) is 0 Å². The van der Waals surface area contributed by atoms with E-state index >= 15 is 0 Å². The minimum atomic E-state index is -0.101. The van der Waals surface area contributed by atoms with Crippen molar-refractivity contribution in [2.75, 3.05) is 18.9 Å². The Labute approximate surface area is 111 Å². The van der Waals surface area contributed by atoms with Gasteiger partial charge in [0, 0.05) is 22.5 Å². The van der Waals surface area contributed by atoms with E-state index in [4.69, 9.17) is 0 Å². The van der Waals surface area contributed by atoms with Gasteiger partial charge < -0.3 is 10.2 Å². The van der Waals surface area contributed by atoms with E-state index in [1.54, 1.807) is 4.90 Å². The summed E-state index contributed by atoms with van der Waals surface area (Å²) in [7, 11) is 1.83. The van der Waals surface area contributed by atoms with Gasteiger partial charge in [-0.2, -0.15) is 0 Å². The Kier molecular flexibility index (Phi) is 3.54. The molecule has 1 aromatic carbocycles. The van der Waals surface area contributed by atoms with Crippen molar-refractivity contribution in [1.29, 1.82) is 0 Å². The summed E-state index contributed by atoms with van der Waals surface area (Å²) in [6, 6.07) is 5.78. The number of carbonyl (C=O) groups is 1. The lowest BCUT2D eigenvalue weighted by Gasteiger charge is -2.14. The molecular formula is C11H12Br2N2O. The fraction of sp³-hybridized carbons (Fsp3) is 0.364. The van der Waals surface area contributed by atoms with Gasteiger partial charge in [0.25, 0.3) is 0 Å². The summed E-state index contributed by atoms with van der Waals surface area (Å²) in [6.45, 7) is 0.822. The molecule has 1 aliphatic rings. The summed E-state index contributed by atoms with van der Waals surface area (Å²) < 4.78 is 1.97. The lowest BCUT2D eigenvalue weighted by atomic mass is 10.2. The number of hydrogen-bond donors (Lipinski definition) is 1. The second-order valence-corrected chi connectivity index (χ2v) is 5.64. The zero-order chi connectivity index (χ0) is 11.7. The van der Waals surface area contributed by atoms with Crippen molar-refractivity contribution in [3.63, 3.8) is 0 Å². The van der Waals surface area contributed by atoms with E-state index in [1.165, 1.54) is 0 Å². The van der Waals surface area contributed by atoms with Gasteiger partial charge in [0.1, 0.15) is 6.04 Å². The molecule has 1 N–H and O–H groups in total. The number of amides is 1. The van der Waals surface area contributed by atoms with Gasteiger partial charge in [0.2, 0.25) is 5.91 Å². The Morgan fingerprint density at radius 2 is 2.19 bits per heavy atom. The van der Waals surface area contributed by atoms with Crippen molar-refractivity contribution in [3.05, 3.63) is 27.1 Å². The molecule has 3 nitrogen and oxygen atoms in total. The normalized spacial score (nSPS) is 20.3. The molecule has 0 spiro atoms. The van der Waals surface area contributed by atoms with E-state index in [0.29, 0.717) is 0 Å². The van der Waals surface area contributed by atoms with Crippen molar-refractivity contribution >= 4 is 43.5 Å². The highest BCUT2D eigenvalue weighted by molar-refractivity contribution is 9.11. The predicted octanol–water partition coefficient (Wildman–Crippen LogP) is 2.85. The fourth-order valence-corrected chi connectivity index (χ4v) is 2.47. The van der Waals surface area contributed by atoms with Crippen molar-refractivity contribution < 1.29 is 4.79 Å². The topological polar surface area (TPSA) is 32.3 Å². The molecule has 1 aliphatic heterocycles. The molecule has 0 aromatic heterocycles. The van der Waals surface area contributed by atoms with Gasteiger partial charge in [-0.05, 0) is 40.5 Å². The van der Waals surface area contributed by atoms with Gasteiger partial charge in [0.15, 0.2) is 0 Å². The van der Waals surface area contributed by atoms with Crippen LogP contribution in [0, 0.1) is 0 Å². The summed E-state index contributed by atoms with van der Waals surface area (Å²) in [4.78, 5) is 13.5. The molecular weight excluding hydrogens is 336 g/mol. The van der Waals surface area contributed by atoms with Gasteiger partial charge in [-0.1, -0.05) is 15.9 Å². The number of nitrogens with one attached hydrogen (secondary N) is 1. The Bertz CT molecular complexity index is 422. The van der Waals surface area contributed by atoms with E-state index < -0.39 is 0 Å². The highest BCUT2D eigenvalue weighted by Crippen LogP contribution is 2.28. The Hall–Kier alpha value is -0.550. The van der Waals surface area contributed by atoms with Crippen LogP contribution in [0.25, 0.3) is 0 Å². The maximum atomic E-state index is 11.7. The number of rotatable bonds is 2. The second kappa shape index (κ2) is 4.75. The fourth-order valence-electron chi connectivity index (χ4n) is 1.75. The van der Waals surface area contributed by atoms with Crippen LogP contribution >= 0.6 is 31.9 Å². The molecule has 1 atom stereocenters. The number of carbonyl (C=O) groups excluding carboxylic acids is 1. The van der Waals surface area contributed by atoms with Crippen molar-refractivity contribution in [2.24, 2.45) is 0 Å². The van der Waals surface area contributed by atoms with Crippen LogP contribution in [0.5, 0.6) is 0 Å². The minimum Gasteiger partial charge on any atom is -0.373 e. The van der Waals surface area contributed by atoms with Gasteiger partial charge >= 0.3 is 0 Å². The molecule has 16 heavy (non-hydrogen) atoms. The molecule has 0 aliphatic carbocycles. The molecule has 1 heterocycles. The molecule has 1 fully saturated rings. The number of likely N-dealkylation sites (N-methyl/N-ethyl adjacent to an activating group) is 1. The van der Waals surface area contributed by atoms with Crippen LogP contribution in [0.1, 0.15) is 6.42 Å². The lowest BCUT2D eigenvalue weighted by Crippen LogP contribution is -2.31. The number of likely N-dealkylation sites (tertiary alicyclic amines) is 1. The van der Waals surface area contributed by atoms with E-state index in [2.05, 4.69) is 37.2 Å². The average molecular weight is 348 g/mol. The van der Waals surface area contributed by atoms with Crippen molar-refractivity contribution in [3.8, 4) is 0 Å². The molecule has 0 radical (unpaired) electrons. The number of benzene rings is 1. The van der Waals surface area contributed by atoms with E-state index in [1.807, 2.05) is 25.2 Å². The minimum absolute atomic E-state index is 0.101. The number of anilines is 1. The van der Waals surface area contributed by atoms with Crippen LogP contribution < -0.4 is 5.32 Å². The Balaban J connectivity index is 2.15. The van der Waals surface area contributed by atoms with Crippen LogP contribution in [0.4, 0.5) is 5.69 Å². The monoisotopic (exact) mass is 346 g/mol. The maximum absolute atomic E-state index is 11.7. The first-order valence-electron chi connectivity index (χ1n) is 5.04. The summed E-state index contributed by atoms with van der Waals surface area (Å²) in [5, 5.41) is 3.26. The van der Waals surface area contributed by atoms with Gasteiger partial charge in [-0.3, -0.25) is 4.79 Å². The van der Waals surface area contributed by atoms with Crippen LogP contribution in [0.2, 0.25) is 0 Å². The summed E-state index contributed by atoms with van der Waals surface area (Å²) in [6.07, 6.45) is 0.855. The molecule has 1 aromatic rings. The zero-order valence-corrected chi connectivity index (χ0v) is 12.0. The number of halogens is 2. The lowest BCUT2D eigenvalue weighted by molar-refractivity contribution is -0.127. The first kappa shape index (κ1) is 11.9. The highest BCUT2D eigenvalue weighted by Gasteiger charge is 2.29. The number of nitrogens with zero attached hydrogens (tertiary/aromatic N) is 1. The molecule has 1 amide bonds. The molecule has 1 unspecified atom stereocenters. The molecule has 86 valence electrons. The third-order valence-electron chi connectivity index (χ3n) is 2.69. The maximum Gasteiger partial charge on any atom is 0.244 e. The average Bonchev–Trinajstić information content (AvgIpc) is 2.55. The van der Waals surface area contributed by atoms with Crippen LogP contribution in [0.3, 0.4) is 0 Å². The standard InChI is InChI=1S/C11H12Br2N2O/c1-15-5-4-9(11(15)16)14-10-6-7(12)2-3-8(10)13/h2-3,6,9,14H,4-5H2,1H3. The highest BCUT2D eigenvalue weighted by atomic mass is 79.9. The molecule has 1 saturated heterocycles. The quantitative estimate of drug-likeness (QED) is 0.892. The molecule has 5 heteroatoms. The molecule has 0 bridgehead atoms. The largest absolute Gasteiger partial charge is 0.373 e. The van der Waals surface area contributed by atoms with Crippen LogP contribution in [0.15, 0.2) is 27.1 Å². The summed E-state index contributed by atoms with van der Waals surface area (Å²) in [5.41, 5.74) is 0.947. The first-order valence-corrected chi connectivity index (χ1v) is 6.63. The third-order valence-corrected chi connectivity index (χ3v) is 3.87. The van der Waals surface area contributed by atoms with E-state index in [-0.39, 0.29) is 11.9 Å². The smallest absolute Gasteiger partial charge is 0.244 e. The molecule has 0 saturated carbocycles. The van der Waals surface area contributed by atoms with Crippen molar-refractivity contribution in [2.45, 2.75) is 12.5 Å².